The fraction of sp³-hybridized carbons (Fsp3) is 0.778. The number of fused-ring (bicyclic) bond motifs is 2. The van der Waals surface area contributed by atoms with Crippen molar-refractivity contribution in [2.24, 2.45) is 17.8 Å². The molecular weight excluding hydrogens is 226 g/mol. The number of alkyl halides is 2. The molecule has 0 aromatic heterocycles. The minimum Gasteiger partial charge on any atom is -0.220 e. The van der Waals surface area contributed by atoms with Crippen molar-refractivity contribution in [2.75, 3.05) is 0 Å². The molecule has 0 heterocycles. The number of allylic oxidation sites excluding steroid dienone is 2. The fourth-order valence-corrected chi connectivity index (χ4v) is 2.95. The lowest BCUT2D eigenvalue weighted by Gasteiger charge is -2.22. The molecular formula is C9H12F2O3S. The Kier molecular flexibility index (Phi) is 3.30. The largest absolute Gasteiger partial charge is 0.321 e. The van der Waals surface area contributed by atoms with E-state index in [9.17, 15) is 8.78 Å². The molecule has 6 heteroatoms. The van der Waals surface area contributed by atoms with Crippen molar-refractivity contribution in [2.45, 2.75) is 24.5 Å². The van der Waals surface area contributed by atoms with Gasteiger partial charge in [-0.3, -0.25) is 0 Å². The molecule has 1 N–H and O–H groups in total. The lowest BCUT2D eigenvalue weighted by Crippen LogP contribution is -2.20. The maximum atomic E-state index is 13.2. The normalized spacial score (nSPS) is 33.9. The molecule has 3 atom stereocenters. The Morgan fingerprint density at radius 2 is 2.20 bits per heavy atom. The van der Waals surface area contributed by atoms with E-state index in [2.05, 4.69) is 15.4 Å². The van der Waals surface area contributed by atoms with E-state index in [1.165, 1.54) is 0 Å². The van der Waals surface area contributed by atoms with Gasteiger partial charge in [-0.05, 0) is 30.6 Å². The summed E-state index contributed by atoms with van der Waals surface area (Å²) in [5.41, 5.74) is 0. The molecule has 3 nitrogen and oxygen atoms in total. The maximum Gasteiger partial charge on any atom is 0.321 e. The maximum absolute atomic E-state index is 13.2. The number of hydrogen-bond donors (Lipinski definition) is 1. The molecule has 0 amide bonds. The molecule has 0 aliphatic heterocycles. The van der Waals surface area contributed by atoms with Crippen LogP contribution in [0.5, 0.6) is 0 Å². The standard InChI is InChI=1S/C9H12F2O3S/c10-9(11,15-14-13-12)5-8-4-6-1-2-7(8)3-6/h1-2,6-8,12H,3-5H2. The van der Waals surface area contributed by atoms with Gasteiger partial charge in [0.25, 0.3) is 0 Å². The van der Waals surface area contributed by atoms with Gasteiger partial charge in [0.05, 0.1) is 0 Å². The molecule has 86 valence electrons. The average molecular weight is 238 g/mol. The highest BCUT2D eigenvalue weighted by Crippen LogP contribution is 2.49. The van der Waals surface area contributed by atoms with E-state index in [4.69, 9.17) is 5.26 Å². The summed E-state index contributed by atoms with van der Waals surface area (Å²) in [6.45, 7) is 0. The van der Waals surface area contributed by atoms with Crippen LogP contribution in [0.25, 0.3) is 0 Å². The molecule has 0 saturated heterocycles. The Labute approximate surface area is 90.5 Å². The Bertz CT molecular complexity index is 260. The highest BCUT2D eigenvalue weighted by Gasteiger charge is 2.43. The van der Waals surface area contributed by atoms with Crippen LogP contribution in [0.15, 0.2) is 12.2 Å². The van der Waals surface area contributed by atoms with Gasteiger partial charge < -0.3 is 0 Å². The van der Waals surface area contributed by atoms with Crippen LogP contribution in [0.2, 0.25) is 0 Å². The van der Waals surface area contributed by atoms with Crippen LogP contribution in [0, 0.1) is 17.8 Å². The molecule has 2 rings (SSSR count). The zero-order valence-corrected chi connectivity index (χ0v) is 8.75. The third-order valence-corrected chi connectivity index (χ3v) is 3.64. The molecule has 2 aliphatic carbocycles. The van der Waals surface area contributed by atoms with Crippen LogP contribution in [-0.2, 0) is 9.37 Å². The Morgan fingerprint density at radius 1 is 1.40 bits per heavy atom. The van der Waals surface area contributed by atoms with E-state index in [1.807, 2.05) is 6.08 Å². The van der Waals surface area contributed by atoms with E-state index < -0.39 is 5.25 Å². The molecule has 0 aromatic rings. The average Bonchev–Trinajstić information content (AvgIpc) is 2.75. The predicted octanol–water partition coefficient (Wildman–Crippen LogP) is 3.25. The fourth-order valence-electron chi connectivity index (χ4n) is 2.53. The van der Waals surface area contributed by atoms with Crippen molar-refractivity contribution in [1.29, 1.82) is 0 Å². The van der Waals surface area contributed by atoms with Crippen LogP contribution in [0.3, 0.4) is 0 Å². The predicted molar refractivity (Wildman–Crippen MR) is 50.8 cm³/mol. The van der Waals surface area contributed by atoms with Crippen LogP contribution < -0.4 is 0 Å². The second-order valence-corrected chi connectivity index (χ2v) is 5.01. The van der Waals surface area contributed by atoms with E-state index in [1.54, 1.807) is 0 Å². The first-order valence-corrected chi connectivity index (χ1v) is 5.57. The van der Waals surface area contributed by atoms with E-state index in [-0.39, 0.29) is 30.3 Å². The molecule has 1 saturated carbocycles. The first-order chi connectivity index (χ1) is 7.11. The monoisotopic (exact) mass is 238 g/mol. The summed E-state index contributed by atoms with van der Waals surface area (Å²) < 4.78 is 30.2. The van der Waals surface area contributed by atoms with E-state index in [0.717, 1.165) is 12.8 Å². The van der Waals surface area contributed by atoms with Gasteiger partial charge in [-0.2, -0.15) is 8.78 Å². The highest BCUT2D eigenvalue weighted by atomic mass is 32.2. The summed E-state index contributed by atoms with van der Waals surface area (Å²) in [5, 5.41) is 7.97. The smallest absolute Gasteiger partial charge is 0.220 e. The van der Waals surface area contributed by atoms with E-state index in [0.29, 0.717) is 5.92 Å². The van der Waals surface area contributed by atoms with Gasteiger partial charge >= 0.3 is 5.25 Å². The summed E-state index contributed by atoms with van der Waals surface area (Å²) in [4.78, 5) is 0. The van der Waals surface area contributed by atoms with Crippen molar-refractivity contribution < 1.29 is 23.4 Å². The molecule has 0 spiro atoms. The summed E-state index contributed by atoms with van der Waals surface area (Å²) in [6.07, 6.45) is 5.75. The number of rotatable bonds is 5. The Morgan fingerprint density at radius 3 is 2.73 bits per heavy atom. The summed E-state index contributed by atoms with van der Waals surface area (Å²) in [7, 11) is 0. The molecule has 1 fully saturated rings. The van der Waals surface area contributed by atoms with Gasteiger partial charge in [0.2, 0.25) is 0 Å². The first-order valence-electron chi connectivity index (χ1n) is 4.83. The summed E-state index contributed by atoms with van der Waals surface area (Å²) >= 11 is -0.137. The van der Waals surface area contributed by atoms with Crippen molar-refractivity contribution in [3.63, 3.8) is 0 Å². The van der Waals surface area contributed by atoms with E-state index >= 15 is 0 Å². The van der Waals surface area contributed by atoms with Crippen LogP contribution >= 0.6 is 12.0 Å². The van der Waals surface area contributed by atoms with Crippen LogP contribution in [0.4, 0.5) is 8.78 Å². The minimum atomic E-state index is -3.01. The zero-order chi connectivity index (χ0) is 10.9. The summed E-state index contributed by atoms with van der Waals surface area (Å²) in [6, 6.07) is 0. The minimum absolute atomic E-state index is 0.0183. The zero-order valence-electron chi connectivity index (χ0n) is 7.94. The lowest BCUT2D eigenvalue weighted by molar-refractivity contribution is -0.433. The Balaban J connectivity index is 1.83. The quantitative estimate of drug-likeness (QED) is 0.345. The van der Waals surface area contributed by atoms with Gasteiger partial charge in [0, 0.05) is 6.42 Å². The number of halogens is 2. The van der Waals surface area contributed by atoms with Gasteiger partial charge in [-0.25, -0.2) is 5.26 Å². The molecule has 2 aliphatic rings. The second kappa shape index (κ2) is 4.37. The topological polar surface area (TPSA) is 38.7 Å². The van der Waals surface area contributed by atoms with Crippen molar-refractivity contribution in [3.05, 3.63) is 12.2 Å². The second-order valence-electron chi connectivity index (χ2n) is 4.11. The summed E-state index contributed by atoms with van der Waals surface area (Å²) in [5.74, 6) is 0.789. The van der Waals surface area contributed by atoms with Gasteiger partial charge in [0.15, 0.2) is 0 Å². The van der Waals surface area contributed by atoms with Crippen molar-refractivity contribution in [3.8, 4) is 0 Å². The van der Waals surface area contributed by atoms with Gasteiger partial charge in [0.1, 0.15) is 12.0 Å². The third-order valence-electron chi connectivity index (χ3n) is 3.10. The SMILES string of the molecule is OOOSC(F)(F)CC1CC2C=CC1C2. The van der Waals surface area contributed by atoms with Crippen molar-refractivity contribution >= 4 is 12.0 Å². The van der Waals surface area contributed by atoms with Gasteiger partial charge in [-0.1, -0.05) is 17.2 Å². The Hall–Kier alpha value is -0.170. The highest BCUT2D eigenvalue weighted by molar-refractivity contribution is 7.95. The lowest BCUT2D eigenvalue weighted by atomic mass is 9.91. The molecule has 15 heavy (non-hydrogen) atoms. The molecule has 0 radical (unpaired) electrons. The van der Waals surface area contributed by atoms with Crippen LogP contribution in [-0.4, -0.2) is 10.5 Å². The molecule has 2 bridgehead atoms. The van der Waals surface area contributed by atoms with Gasteiger partial charge in [-0.15, -0.1) is 4.33 Å². The third kappa shape index (κ3) is 2.69. The van der Waals surface area contributed by atoms with Crippen LogP contribution in [0.1, 0.15) is 19.3 Å². The number of hydrogen-bond acceptors (Lipinski definition) is 4. The molecule has 0 aromatic carbocycles. The van der Waals surface area contributed by atoms with Crippen molar-refractivity contribution in [1.82, 2.24) is 0 Å². The molecule has 3 unspecified atom stereocenters. The first kappa shape index (κ1) is 11.3.